The predicted octanol–water partition coefficient (Wildman–Crippen LogP) is 0.538. The molecule has 4 nitrogen and oxygen atoms in total. The van der Waals surface area contributed by atoms with Gasteiger partial charge in [-0.15, -0.1) is 0 Å². The summed E-state index contributed by atoms with van der Waals surface area (Å²) >= 11 is 2.05. The van der Waals surface area contributed by atoms with Crippen LogP contribution in [0, 0.1) is 3.57 Å². The smallest absolute Gasteiger partial charge is 0.144 e. The fraction of sp³-hybridized carbons (Fsp3) is 0.250. The Morgan fingerprint density at radius 3 is 2.62 bits per heavy atom. The molecule has 0 radical (unpaired) electrons. The number of benzene rings is 1. The lowest BCUT2D eigenvalue weighted by Crippen LogP contribution is -2.21. The Labute approximate surface area is 90.2 Å². The third-order valence-corrected chi connectivity index (χ3v) is 2.79. The largest absolute Gasteiger partial charge is 0.505 e. The van der Waals surface area contributed by atoms with Crippen molar-refractivity contribution in [2.75, 3.05) is 12.3 Å². The fourth-order valence-electron chi connectivity index (χ4n) is 1.03. The Kier molecular flexibility index (Phi) is 3.34. The van der Waals surface area contributed by atoms with E-state index in [1.54, 1.807) is 12.1 Å². The molecule has 1 atom stereocenters. The Morgan fingerprint density at radius 1 is 1.46 bits per heavy atom. The van der Waals surface area contributed by atoms with Crippen LogP contribution in [0.25, 0.3) is 0 Å². The highest BCUT2D eigenvalue weighted by molar-refractivity contribution is 14.1. The first-order valence-electron chi connectivity index (χ1n) is 3.80. The molecule has 0 amide bonds. The highest BCUT2D eigenvalue weighted by atomic mass is 127. The maximum atomic E-state index is 9.61. The minimum atomic E-state index is -0.362. The molecule has 0 fully saturated rings. The molecule has 13 heavy (non-hydrogen) atoms. The maximum absolute atomic E-state index is 9.61. The molecule has 72 valence electrons. The summed E-state index contributed by atoms with van der Waals surface area (Å²) in [6.07, 6.45) is 0. The van der Waals surface area contributed by atoms with E-state index in [9.17, 15) is 5.11 Å². The van der Waals surface area contributed by atoms with Crippen molar-refractivity contribution in [3.8, 4) is 5.75 Å². The number of halogens is 1. The van der Waals surface area contributed by atoms with Gasteiger partial charge in [0, 0.05) is 21.7 Å². The van der Waals surface area contributed by atoms with Gasteiger partial charge in [-0.05, 0) is 28.7 Å². The third-order valence-electron chi connectivity index (χ3n) is 1.85. The second-order valence-electron chi connectivity index (χ2n) is 2.74. The molecule has 7 N–H and O–H groups in total. The van der Waals surface area contributed by atoms with E-state index in [-0.39, 0.29) is 18.3 Å². The number of nitrogen functional groups attached to an aromatic ring is 1. The van der Waals surface area contributed by atoms with Gasteiger partial charge in [-0.25, -0.2) is 0 Å². The van der Waals surface area contributed by atoms with Gasteiger partial charge < -0.3 is 22.3 Å². The predicted molar refractivity (Wildman–Crippen MR) is 61.2 cm³/mol. The molecule has 0 spiro atoms. The number of phenolic OH excluding ortho intramolecular Hbond substituents is 1. The highest BCUT2D eigenvalue weighted by Gasteiger charge is 2.12. The summed E-state index contributed by atoms with van der Waals surface area (Å²) < 4.78 is 0.808. The second kappa shape index (κ2) is 4.12. The van der Waals surface area contributed by atoms with E-state index in [0.29, 0.717) is 11.3 Å². The fourth-order valence-corrected chi connectivity index (χ4v) is 1.46. The van der Waals surface area contributed by atoms with Crippen LogP contribution in [-0.2, 0) is 0 Å². The quantitative estimate of drug-likeness (QED) is 0.363. The first-order chi connectivity index (χ1) is 6.07. The van der Waals surface area contributed by atoms with Crippen LogP contribution in [0.2, 0.25) is 0 Å². The number of rotatable bonds is 2. The Morgan fingerprint density at radius 2 is 2.08 bits per heavy atom. The maximum Gasteiger partial charge on any atom is 0.144 e. The summed E-state index contributed by atoms with van der Waals surface area (Å²) in [6.45, 7) is 0.285. The molecule has 0 aliphatic heterocycles. The van der Waals surface area contributed by atoms with Crippen molar-refractivity contribution >= 4 is 28.3 Å². The third kappa shape index (κ3) is 2.04. The number of phenols is 1. The van der Waals surface area contributed by atoms with E-state index in [1.165, 1.54) is 0 Å². The first kappa shape index (κ1) is 10.6. The summed E-state index contributed by atoms with van der Waals surface area (Å²) in [5, 5.41) is 9.61. The average molecular weight is 293 g/mol. The van der Waals surface area contributed by atoms with Crippen LogP contribution in [-0.4, -0.2) is 11.7 Å². The van der Waals surface area contributed by atoms with Gasteiger partial charge in [-0.2, -0.15) is 0 Å². The summed E-state index contributed by atoms with van der Waals surface area (Å²) in [5.74, 6) is 0.0462. The molecule has 1 aromatic carbocycles. The molecule has 5 heteroatoms. The molecule has 0 aliphatic carbocycles. The van der Waals surface area contributed by atoms with Crippen LogP contribution in [0.5, 0.6) is 5.75 Å². The highest BCUT2D eigenvalue weighted by Crippen LogP contribution is 2.32. The Balaban J connectivity index is 3.18. The van der Waals surface area contributed by atoms with E-state index in [0.717, 1.165) is 3.57 Å². The van der Waals surface area contributed by atoms with Gasteiger partial charge in [0.15, 0.2) is 0 Å². The van der Waals surface area contributed by atoms with Crippen molar-refractivity contribution in [3.05, 3.63) is 21.3 Å². The van der Waals surface area contributed by atoms with E-state index >= 15 is 0 Å². The van der Waals surface area contributed by atoms with Crippen molar-refractivity contribution in [1.29, 1.82) is 0 Å². The molecule has 0 saturated heterocycles. The number of hydrogen-bond acceptors (Lipinski definition) is 4. The SMILES string of the molecule is NC[C@H](N)c1ccc(I)c(N)c1O. The van der Waals surface area contributed by atoms with Gasteiger partial charge in [-0.3, -0.25) is 0 Å². The monoisotopic (exact) mass is 293 g/mol. The molecule has 0 unspecified atom stereocenters. The van der Waals surface area contributed by atoms with Crippen molar-refractivity contribution in [2.24, 2.45) is 11.5 Å². The molecule has 0 aliphatic rings. The van der Waals surface area contributed by atoms with Crippen LogP contribution in [0.15, 0.2) is 12.1 Å². The van der Waals surface area contributed by atoms with Gasteiger partial charge in [0.25, 0.3) is 0 Å². The van der Waals surface area contributed by atoms with Gasteiger partial charge >= 0.3 is 0 Å². The van der Waals surface area contributed by atoms with E-state index in [4.69, 9.17) is 17.2 Å². The van der Waals surface area contributed by atoms with Gasteiger partial charge in [0.2, 0.25) is 0 Å². The number of hydrogen-bond donors (Lipinski definition) is 4. The zero-order valence-electron chi connectivity index (χ0n) is 7.00. The van der Waals surface area contributed by atoms with Crippen molar-refractivity contribution in [3.63, 3.8) is 0 Å². The lowest BCUT2D eigenvalue weighted by Gasteiger charge is -2.13. The zero-order valence-corrected chi connectivity index (χ0v) is 9.15. The second-order valence-corrected chi connectivity index (χ2v) is 3.90. The van der Waals surface area contributed by atoms with Crippen molar-refractivity contribution in [1.82, 2.24) is 0 Å². The van der Waals surface area contributed by atoms with Crippen LogP contribution < -0.4 is 17.2 Å². The standard InChI is InChI=1S/C8H12IN3O/c9-5-2-1-4(6(11)3-10)8(13)7(5)12/h1-2,6,13H,3,10-12H2/t6-/m0/s1. The molecule has 0 bridgehead atoms. The van der Waals surface area contributed by atoms with Gasteiger partial charge in [0.1, 0.15) is 5.75 Å². The minimum absolute atomic E-state index is 0.0462. The summed E-state index contributed by atoms with van der Waals surface area (Å²) in [5.41, 5.74) is 17.6. The molecule has 1 aromatic rings. The topological polar surface area (TPSA) is 98.3 Å². The minimum Gasteiger partial charge on any atom is -0.505 e. The normalized spacial score (nSPS) is 12.8. The lowest BCUT2D eigenvalue weighted by molar-refractivity contribution is 0.464. The Hall–Kier alpha value is -0.530. The van der Waals surface area contributed by atoms with E-state index < -0.39 is 0 Å². The van der Waals surface area contributed by atoms with Crippen LogP contribution in [0.1, 0.15) is 11.6 Å². The molecular weight excluding hydrogens is 281 g/mol. The molecule has 0 aromatic heterocycles. The van der Waals surface area contributed by atoms with E-state index in [1.807, 2.05) is 22.6 Å². The number of nitrogens with two attached hydrogens (primary N) is 3. The summed E-state index contributed by atoms with van der Waals surface area (Å²) in [6, 6.07) is 3.19. The summed E-state index contributed by atoms with van der Waals surface area (Å²) in [7, 11) is 0. The number of anilines is 1. The van der Waals surface area contributed by atoms with Crippen LogP contribution >= 0.6 is 22.6 Å². The Bertz CT molecular complexity index is 317. The lowest BCUT2D eigenvalue weighted by atomic mass is 10.1. The van der Waals surface area contributed by atoms with Gasteiger partial charge in [0.05, 0.1) is 5.69 Å². The molecular formula is C8H12IN3O. The van der Waals surface area contributed by atoms with Crippen molar-refractivity contribution in [2.45, 2.75) is 6.04 Å². The van der Waals surface area contributed by atoms with E-state index in [2.05, 4.69) is 0 Å². The molecule has 1 rings (SSSR count). The number of aromatic hydroxyl groups is 1. The average Bonchev–Trinajstić information content (AvgIpc) is 2.13. The molecule has 0 heterocycles. The van der Waals surface area contributed by atoms with Crippen molar-refractivity contribution < 1.29 is 5.11 Å². The first-order valence-corrected chi connectivity index (χ1v) is 4.88. The van der Waals surface area contributed by atoms with Gasteiger partial charge in [-0.1, -0.05) is 6.07 Å². The van der Waals surface area contributed by atoms with Crippen LogP contribution in [0.3, 0.4) is 0 Å². The molecule has 0 saturated carbocycles. The zero-order chi connectivity index (χ0) is 10.0. The van der Waals surface area contributed by atoms with Crippen LogP contribution in [0.4, 0.5) is 5.69 Å². The summed E-state index contributed by atoms with van der Waals surface area (Å²) in [4.78, 5) is 0.